The van der Waals surface area contributed by atoms with Crippen LogP contribution in [0.15, 0.2) is 78.9 Å². The number of aliphatic hydroxyl groups excluding tert-OH is 1. The highest BCUT2D eigenvalue weighted by molar-refractivity contribution is 5.89. The molecule has 0 atom stereocenters. The molecule has 5 rings (SSSR count). The van der Waals surface area contributed by atoms with Crippen molar-refractivity contribution in [2.45, 2.75) is 19.4 Å². The summed E-state index contributed by atoms with van der Waals surface area (Å²) in [6, 6.07) is 27.1. The van der Waals surface area contributed by atoms with Crippen molar-refractivity contribution < 1.29 is 24.1 Å². The van der Waals surface area contributed by atoms with Crippen LogP contribution in [0.2, 0.25) is 0 Å². The molecular weight excluding hydrogens is 478 g/mol. The molecule has 1 N–H and O–H groups in total. The van der Waals surface area contributed by atoms with E-state index in [0.29, 0.717) is 6.61 Å². The van der Waals surface area contributed by atoms with E-state index in [1.54, 1.807) is 28.4 Å². The lowest BCUT2D eigenvalue weighted by atomic mass is 9.77. The van der Waals surface area contributed by atoms with Crippen LogP contribution in [0.3, 0.4) is 0 Å². The second kappa shape index (κ2) is 12.0. The van der Waals surface area contributed by atoms with Crippen molar-refractivity contribution in [1.29, 1.82) is 0 Å². The maximum Gasteiger partial charge on any atom is 0.125 e. The van der Waals surface area contributed by atoms with Gasteiger partial charge in [0.25, 0.3) is 0 Å². The summed E-state index contributed by atoms with van der Waals surface area (Å²) in [4.78, 5) is 2.29. The Balaban J connectivity index is 0.00000164. The van der Waals surface area contributed by atoms with Gasteiger partial charge in [-0.1, -0.05) is 42.0 Å². The molecular formula is C32H35NO5. The van der Waals surface area contributed by atoms with E-state index in [1.165, 1.54) is 5.56 Å². The molecule has 0 saturated carbocycles. The van der Waals surface area contributed by atoms with Gasteiger partial charge >= 0.3 is 0 Å². The standard InChI is InChI=1S/C31H31NO4.CH4O/c1-20-15-17-22(18-16-20)32-23-10-7-13-26(35-4)29(23)31(30-24(32)11-8-14-27(30)36-5)28-21(19-33-2)9-6-12-25(28)34-3;1-2/h6-18,31H,19H2,1-5H3;2H,1H3. The third-order valence-corrected chi connectivity index (χ3v) is 6.84. The Labute approximate surface area is 225 Å². The number of aryl methyl sites for hydroxylation is 1. The van der Waals surface area contributed by atoms with Gasteiger partial charge in [0.2, 0.25) is 0 Å². The van der Waals surface area contributed by atoms with Gasteiger partial charge in [-0.15, -0.1) is 0 Å². The maximum atomic E-state index is 7.00. The molecule has 6 heteroatoms. The first kappa shape index (κ1) is 27.0. The molecule has 0 aliphatic carbocycles. The van der Waals surface area contributed by atoms with Gasteiger partial charge in [0, 0.05) is 42.5 Å². The zero-order chi connectivity index (χ0) is 27.2. The third kappa shape index (κ3) is 4.69. The highest BCUT2D eigenvalue weighted by Crippen LogP contribution is 2.58. The van der Waals surface area contributed by atoms with Gasteiger partial charge in [0.05, 0.1) is 39.3 Å². The Hall–Kier alpha value is -4.00. The van der Waals surface area contributed by atoms with Gasteiger partial charge in [-0.2, -0.15) is 0 Å². The van der Waals surface area contributed by atoms with Crippen LogP contribution < -0.4 is 19.1 Å². The summed E-state index contributed by atoms with van der Waals surface area (Å²) in [6.45, 7) is 2.56. The van der Waals surface area contributed by atoms with Crippen molar-refractivity contribution in [3.05, 3.63) is 107 Å². The SMILES string of the molecule is CO.COCc1cccc(OC)c1C1c2c(OC)cccc2N(c2ccc(C)cc2)c2cccc(OC)c21. The molecule has 6 nitrogen and oxygen atoms in total. The van der Waals surface area contributed by atoms with Crippen LogP contribution in [0.1, 0.15) is 33.7 Å². The number of nitrogens with zero attached hydrogens (tertiary/aromatic N) is 1. The predicted molar refractivity (Wildman–Crippen MR) is 152 cm³/mol. The zero-order valence-corrected chi connectivity index (χ0v) is 22.8. The van der Waals surface area contributed by atoms with Crippen LogP contribution in [-0.4, -0.2) is 40.7 Å². The summed E-state index contributed by atoms with van der Waals surface area (Å²) in [5, 5.41) is 7.00. The quantitative estimate of drug-likeness (QED) is 0.260. The van der Waals surface area contributed by atoms with Crippen LogP contribution in [0, 0.1) is 6.92 Å². The van der Waals surface area contributed by atoms with Gasteiger partial charge in [-0.05, 0) is 55.0 Å². The summed E-state index contributed by atoms with van der Waals surface area (Å²) < 4.78 is 23.5. The van der Waals surface area contributed by atoms with Gasteiger partial charge in [-0.25, -0.2) is 0 Å². The lowest BCUT2D eigenvalue weighted by Crippen LogP contribution is -2.24. The Morgan fingerprint density at radius 3 is 1.58 bits per heavy atom. The highest BCUT2D eigenvalue weighted by Gasteiger charge is 2.39. The number of hydrogen-bond donors (Lipinski definition) is 1. The second-order valence-electron chi connectivity index (χ2n) is 8.86. The van der Waals surface area contributed by atoms with Crippen LogP contribution in [-0.2, 0) is 11.3 Å². The first-order chi connectivity index (χ1) is 18.6. The lowest BCUT2D eigenvalue weighted by Gasteiger charge is -2.40. The fraction of sp³-hybridized carbons (Fsp3) is 0.250. The third-order valence-electron chi connectivity index (χ3n) is 6.84. The van der Waals surface area contributed by atoms with E-state index < -0.39 is 0 Å². The maximum absolute atomic E-state index is 7.00. The van der Waals surface area contributed by atoms with E-state index in [0.717, 1.165) is 63.7 Å². The summed E-state index contributed by atoms with van der Waals surface area (Å²) >= 11 is 0. The average Bonchev–Trinajstić information content (AvgIpc) is 2.97. The molecule has 0 unspecified atom stereocenters. The molecule has 38 heavy (non-hydrogen) atoms. The molecule has 198 valence electrons. The zero-order valence-electron chi connectivity index (χ0n) is 22.8. The largest absolute Gasteiger partial charge is 0.496 e. The number of methoxy groups -OCH3 is 4. The number of ether oxygens (including phenoxy) is 4. The lowest BCUT2D eigenvalue weighted by molar-refractivity contribution is 0.183. The van der Waals surface area contributed by atoms with Crippen LogP contribution in [0.5, 0.6) is 17.2 Å². The number of fused-ring (bicyclic) bond motifs is 2. The monoisotopic (exact) mass is 513 g/mol. The van der Waals surface area contributed by atoms with E-state index in [4.69, 9.17) is 24.1 Å². The molecule has 1 heterocycles. The molecule has 0 fully saturated rings. The first-order valence-electron chi connectivity index (χ1n) is 12.4. The highest BCUT2D eigenvalue weighted by atomic mass is 16.5. The molecule has 0 saturated heterocycles. The topological polar surface area (TPSA) is 60.4 Å². The Kier molecular flexibility index (Phi) is 8.56. The molecule has 4 aromatic carbocycles. The molecule has 0 radical (unpaired) electrons. The average molecular weight is 514 g/mol. The van der Waals surface area contributed by atoms with Crippen molar-refractivity contribution in [2.24, 2.45) is 0 Å². The molecule has 1 aliphatic heterocycles. The molecule has 0 amide bonds. The van der Waals surface area contributed by atoms with Crippen LogP contribution in [0.4, 0.5) is 17.1 Å². The Bertz CT molecular complexity index is 1330. The predicted octanol–water partition coefficient (Wildman–Crippen LogP) is 6.74. The van der Waals surface area contributed by atoms with Crippen molar-refractivity contribution >= 4 is 17.1 Å². The van der Waals surface area contributed by atoms with Crippen LogP contribution in [0.25, 0.3) is 0 Å². The van der Waals surface area contributed by atoms with E-state index in [1.807, 2.05) is 36.4 Å². The van der Waals surface area contributed by atoms with E-state index in [2.05, 4.69) is 54.3 Å². The fourth-order valence-electron chi connectivity index (χ4n) is 5.30. The Morgan fingerprint density at radius 2 is 1.11 bits per heavy atom. The number of hydrogen-bond acceptors (Lipinski definition) is 6. The number of anilines is 3. The van der Waals surface area contributed by atoms with Gasteiger partial charge in [0.1, 0.15) is 17.2 Å². The minimum atomic E-state index is -0.203. The summed E-state index contributed by atoms with van der Waals surface area (Å²) in [7, 11) is 7.87. The summed E-state index contributed by atoms with van der Waals surface area (Å²) in [5.74, 6) is 2.21. The first-order valence-corrected chi connectivity index (χ1v) is 12.4. The molecule has 1 aliphatic rings. The number of benzene rings is 4. The summed E-state index contributed by atoms with van der Waals surface area (Å²) in [5.41, 5.74) is 8.60. The molecule has 4 aromatic rings. The number of rotatable bonds is 7. The van der Waals surface area contributed by atoms with E-state index in [9.17, 15) is 0 Å². The van der Waals surface area contributed by atoms with Gasteiger partial charge in [-0.3, -0.25) is 0 Å². The summed E-state index contributed by atoms with van der Waals surface area (Å²) in [6.07, 6.45) is 0. The fourth-order valence-corrected chi connectivity index (χ4v) is 5.30. The molecule has 0 aromatic heterocycles. The molecule has 0 spiro atoms. The van der Waals surface area contributed by atoms with Crippen molar-refractivity contribution in [2.75, 3.05) is 40.4 Å². The second-order valence-corrected chi connectivity index (χ2v) is 8.86. The minimum absolute atomic E-state index is 0.203. The normalized spacial score (nSPS) is 12.1. The minimum Gasteiger partial charge on any atom is -0.496 e. The van der Waals surface area contributed by atoms with Crippen molar-refractivity contribution in [3.8, 4) is 17.2 Å². The van der Waals surface area contributed by atoms with E-state index in [-0.39, 0.29) is 5.92 Å². The number of aliphatic hydroxyl groups is 1. The van der Waals surface area contributed by atoms with Gasteiger partial charge in [0.15, 0.2) is 0 Å². The van der Waals surface area contributed by atoms with Crippen LogP contribution >= 0.6 is 0 Å². The van der Waals surface area contributed by atoms with E-state index >= 15 is 0 Å². The van der Waals surface area contributed by atoms with Crippen molar-refractivity contribution in [3.63, 3.8) is 0 Å². The van der Waals surface area contributed by atoms with Gasteiger partial charge < -0.3 is 29.0 Å². The smallest absolute Gasteiger partial charge is 0.125 e. The Morgan fingerprint density at radius 1 is 0.632 bits per heavy atom. The molecule has 0 bridgehead atoms. The van der Waals surface area contributed by atoms with Crippen molar-refractivity contribution in [1.82, 2.24) is 0 Å².